The fraction of sp³-hybridized carbons (Fsp3) is 0.276. The van der Waals surface area contributed by atoms with Crippen molar-refractivity contribution in [2.24, 2.45) is 10.1 Å². The Morgan fingerprint density at radius 2 is 1.84 bits per heavy atom. The molecule has 0 bridgehead atoms. The van der Waals surface area contributed by atoms with E-state index in [4.69, 9.17) is 19.6 Å². The van der Waals surface area contributed by atoms with E-state index in [0.29, 0.717) is 35.6 Å². The fourth-order valence-electron chi connectivity index (χ4n) is 4.29. The molecular weight excluding hydrogens is 564 g/mol. The second kappa shape index (κ2) is 12.0. The summed E-state index contributed by atoms with van der Waals surface area (Å²) in [7, 11) is 0. The smallest absolute Gasteiger partial charge is 0.276 e. The number of amides is 1. The summed E-state index contributed by atoms with van der Waals surface area (Å²) in [5.74, 6) is 1.92. The molecule has 1 amide bonds. The Morgan fingerprint density at radius 3 is 2.63 bits per heavy atom. The van der Waals surface area contributed by atoms with Crippen LogP contribution in [0.1, 0.15) is 44.0 Å². The van der Waals surface area contributed by atoms with Gasteiger partial charge in [0.2, 0.25) is 0 Å². The molecule has 38 heavy (non-hydrogen) atoms. The van der Waals surface area contributed by atoms with Gasteiger partial charge in [-0.15, -0.1) is 5.10 Å². The van der Waals surface area contributed by atoms with Crippen molar-refractivity contribution >= 4 is 44.5 Å². The third kappa shape index (κ3) is 5.59. The van der Waals surface area contributed by atoms with Crippen molar-refractivity contribution in [2.75, 3.05) is 12.4 Å². The molecule has 2 aliphatic rings. The molecule has 5 rings (SSSR count). The summed E-state index contributed by atoms with van der Waals surface area (Å²) in [6, 6.07) is 21.6. The molecule has 0 saturated carbocycles. The molecular formula is C29H29BrN4O3S. The van der Waals surface area contributed by atoms with Gasteiger partial charge in [0.25, 0.3) is 5.91 Å². The first-order chi connectivity index (χ1) is 18.6. The molecule has 9 heteroatoms. The number of fused-ring (bicyclic) bond motifs is 2. The fourth-order valence-corrected chi connectivity index (χ4v) is 5.80. The second-order valence-corrected chi connectivity index (χ2v) is 10.7. The monoisotopic (exact) mass is 592 g/mol. The van der Waals surface area contributed by atoms with Crippen LogP contribution in [-0.4, -0.2) is 28.4 Å². The lowest BCUT2D eigenvalue weighted by Crippen LogP contribution is -2.50. The molecule has 0 radical (unpaired) electrons. The first-order valence-electron chi connectivity index (χ1n) is 12.7. The SMILES string of the molecule is CCCCSC1=NN2C(=c3ccccc3=N[C@H]2c2cc(Br)c(OCc3ccccc3)c(OCC)c2)C(=O)N1. The first kappa shape index (κ1) is 26.3. The Labute approximate surface area is 234 Å². The number of benzene rings is 3. The Bertz CT molecular complexity index is 1480. The van der Waals surface area contributed by atoms with Crippen molar-refractivity contribution in [1.82, 2.24) is 10.3 Å². The van der Waals surface area contributed by atoms with E-state index in [0.717, 1.165) is 44.8 Å². The molecule has 1 N–H and O–H groups in total. The average Bonchev–Trinajstić information content (AvgIpc) is 2.93. The van der Waals surface area contributed by atoms with Crippen LogP contribution < -0.4 is 25.4 Å². The van der Waals surface area contributed by atoms with Crippen LogP contribution in [-0.2, 0) is 11.4 Å². The van der Waals surface area contributed by atoms with Crippen molar-refractivity contribution in [2.45, 2.75) is 39.5 Å². The Kier molecular flexibility index (Phi) is 8.34. The molecule has 1 atom stereocenters. The number of amidine groups is 1. The molecule has 0 aliphatic carbocycles. The molecule has 0 aromatic heterocycles. The predicted octanol–water partition coefficient (Wildman–Crippen LogP) is 5.10. The number of halogens is 1. The van der Waals surface area contributed by atoms with E-state index in [1.54, 1.807) is 16.8 Å². The number of carbonyl (C=O) groups is 1. The van der Waals surface area contributed by atoms with Gasteiger partial charge >= 0.3 is 0 Å². The van der Waals surface area contributed by atoms with Gasteiger partial charge in [-0.1, -0.05) is 73.6 Å². The quantitative estimate of drug-likeness (QED) is 0.350. The van der Waals surface area contributed by atoms with Crippen LogP contribution in [0.4, 0.5) is 0 Å². The molecule has 0 fully saturated rings. The predicted molar refractivity (Wildman–Crippen MR) is 154 cm³/mol. The molecule has 0 unspecified atom stereocenters. The number of nitrogens with zero attached hydrogens (tertiary/aromatic N) is 3. The van der Waals surface area contributed by atoms with E-state index in [1.165, 1.54) is 0 Å². The van der Waals surface area contributed by atoms with Crippen molar-refractivity contribution in [3.05, 3.63) is 92.9 Å². The molecule has 0 saturated heterocycles. The second-order valence-electron chi connectivity index (χ2n) is 8.81. The van der Waals surface area contributed by atoms with Gasteiger partial charge in [-0.05, 0) is 53.0 Å². The number of nitrogens with one attached hydrogen (secondary N) is 1. The lowest BCUT2D eigenvalue weighted by molar-refractivity contribution is -0.116. The number of unbranched alkanes of at least 4 members (excludes halogenated alkanes) is 1. The minimum absolute atomic E-state index is 0.182. The maximum Gasteiger partial charge on any atom is 0.276 e. The van der Waals surface area contributed by atoms with E-state index in [9.17, 15) is 4.79 Å². The number of rotatable bonds is 9. The number of carbonyl (C=O) groups excluding carboxylic acids is 1. The summed E-state index contributed by atoms with van der Waals surface area (Å²) in [5.41, 5.74) is 2.38. The summed E-state index contributed by atoms with van der Waals surface area (Å²) >= 11 is 5.25. The van der Waals surface area contributed by atoms with Crippen molar-refractivity contribution < 1.29 is 14.3 Å². The molecule has 7 nitrogen and oxygen atoms in total. The van der Waals surface area contributed by atoms with Gasteiger partial charge in [0.1, 0.15) is 12.3 Å². The van der Waals surface area contributed by atoms with Gasteiger partial charge < -0.3 is 9.47 Å². The zero-order valence-corrected chi connectivity index (χ0v) is 23.7. The van der Waals surface area contributed by atoms with E-state index in [-0.39, 0.29) is 5.91 Å². The molecule has 2 heterocycles. The van der Waals surface area contributed by atoms with Crippen LogP contribution in [0.25, 0.3) is 5.70 Å². The van der Waals surface area contributed by atoms with E-state index in [1.807, 2.05) is 73.7 Å². The number of hydrazone groups is 1. The zero-order chi connectivity index (χ0) is 26.5. The van der Waals surface area contributed by atoms with Gasteiger partial charge in [-0.3, -0.25) is 15.1 Å². The molecule has 3 aromatic carbocycles. The Hall–Kier alpha value is -3.30. The number of para-hydroxylation sites is 1. The highest BCUT2D eigenvalue weighted by atomic mass is 79.9. The standard InChI is InChI=1S/C29H29BrN4O3S/c1-3-5-15-38-29-32-28(35)25-21-13-9-10-14-23(21)31-27(34(25)33-29)20-16-22(30)26(24(17-20)36-4-2)37-18-19-11-7-6-8-12-19/h6-14,16-17,27H,3-5,15,18H2,1-2H3,(H,32,33,35)/t27-/m1/s1. The number of hydrogen-bond donors (Lipinski definition) is 1. The van der Waals surface area contributed by atoms with E-state index in [2.05, 4.69) is 28.2 Å². The van der Waals surface area contributed by atoms with Crippen molar-refractivity contribution in [3.8, 4) is 11.5 Å². The lowest BCUT2D eigenvalue weighted by atomic mass is 10.1. The normalized spacial score (nSPS) is 16.1. The number of thioether (sulfide) groups is 1. The van der Waals surface area contributed by atoms with Gasteiger partial charge in [0.15, 0.2) is 22.8 Å². The largest absolute Gasteiger partial charge is 0.490 e. The highest BCUT2D eigenvalue weighted by molar-refractivity contribution is 9.10. The van der Waals surface area contributed by atoms with Crippen molar-refractivity contribution in [3.63, 3.8) is 0 Å². The van der Waals surface area contributed by atoms with Gasteiger partial charge in [0.05, 0.1) is 16.4 Å². The third-order valence-electron chi connectivity index (χ3n) is 6.11. The minimum atomic E-state index is -0.550. The highest BCUT2D eigenvalue weighted by Gasteiger charge is 2.35. The van der Waals surface area contributed by atoms with Gasteiger partial charge in [0, 0.05) is 16.5 Å². The molecule has 3 aromatic rings. The molecule has 0 spiro atoms. The lowest BCUT2D eigenvalue weighted by Gasteiger charge is -2.34. The van der Waals surface area contributed by atoms with Crippen LogP contribution in [0.5, 0.6) is 11.5 Å². The van der Waals surface area contributed by atoms with Crippen LogP contribution in [0.15, 0.2) is 81.3 Å². The summed E-state index contributed by atoms with van der Waals surface area (Å²) in [6.45, 7) is 4.97. The zero-order valence-electron chi connectivity index (χ0n) is 21.3. The molecule has 196 valence electrons. The van der Waals surface area contributed by atoms with Crippen LogP contribution >= 0.6 is 27.7 Å². The maximum absolute atomic E-state index is 13.3. The number of ether oxygens (including phenoxy) is 2. The van der Waals surface area contributed by atoms with Gasteiger partial charge in [-0.25, -0.2) is 5.01 Å². The third-order valence-corrected chi connectivity index (χ3v) is 7.65. The number of hydrogen-bond acceptors (Lipinski definition) is 7. The van der Waals surface area contributed by atoms with Crippen LogP contribution in [0.2, 0.25) is 0 Å². The first-order valence-corrected chi connectivity index (χ1v) is 14.5. The Morgan fingerprint density at radius 1 is 1.05 bits per heavy atom. The van der Waals surface area contributed by atoms with Crippen molar-refractivity contribution in [1.29, 1.82) is 0 Å². The van der Waals surface area contributed by atoms with E-state index < -0.39 is 6.17 Å². The van der Waals surface area contributed by atoms with Crippen LogP contribution in [0, 0.1) is 0 Å². The summed E-state index contributed by atoms with van der Waals surface area (Å²) in [6.07, 6.45) is 1.57. The maximum atomic E-state index is 13.3. The molecule has 2 aliphatic heterocycles. The topological polar surface area (TPSA) is 75.5 Å². The highest BCUT2D eigenvalue weighted by Crippen LogP contribution is 2.41. The summed E-state index contributed by atoms with van der Waals surface area (Å²) in [4.78, 5) is 18.4. The average molecular weight is 594 g/mol. The summed E-state index contributed by atoms with van der Waals surface area (Å²) in [5, 5.41) is 11.6. The van der Waals surface area contributed by atoms with Crippen LogP contribution in [0.3, 0.4) is 0 Å². The summed E-state index contributed by atoms with van der Waals surface area (Å²) < 4.78 is 12.9. The van der Waals surface area contributed by atoms with Gasteiger partial charge in [-0.2, -0.15) is 0 Å². The Balaban J connectivity index is 1.56. The van der Waals surface area contributed by atoms with E-state index >= 15 is 0 Å². The minimum Gasteiger partial charge on any atom is -0.490 e.